The highest BCUT2D eigenvalue weighted by molar-refractivity contribution is 5.79. The lowest BCUT2D eigenvalue weighted by molar-refractivity contribution is -0.144. The van der Waals surface area contributed by atoms with Crippen molar-refractivity contribution in [2.24, 2.45) is 5.92 Å². The number of carboxylic acids is 1. The molecular weight excluding hydrogens is 470 g/mol. The van der Waals surface area contributed by atoms with Crippen molar-refractivity contribution in [2.75, 3.05) is 46.4 Å². The van der Waals surface area contributed by atoms with E-state index in [0.29, 0.717) is 25.9 Å². The summed E-state index contributed by atoms with van der Waals surface area (Å²) in [5.74, 6) is -0.653. The highest BCUT2D eigenvalue weighted by Crippen LogP contribution is 2.40. The van der Waals surface area contributed by atoms with E-state index in [9.17, 15) is 19.5 Å². The third-order valence-electron chi connectivity index (χ3n) is 7.93. The molecule has 1 N–H and O–H groups in total. The Morgan fingerprint density at radius 2 is 1.76 bits per heavy atom. The summed E-state index contributed by atoms with van der Waals surface area (Å²) in [5, 5.41) is 10.4. The van der Waals surface area contributed by atoms with Crippen LogP contribution >= 0.6 is 0 Å². The molecule has 2 amide bonds. The van der Waals surface area contributed by atoms with Crippen LogP contribution in [0, 0.1) is 5.92 Å². The van der Waals surface area contributed by atoms with Crippen LogP contribution in [0.5, 0.6) is 5.75 Å². The molecule has 8 nitrogen and oxygen atoms in total. The molecule has 3 atom stereocenters. The number of methoxy groups -OCH3 is 1. The highest BCUT2D eigenvalue weighted by Gasteiger charge is 2.47. The zero-order valence-electron chi connectivity index (χ0n) is 22.9. The van der Waals surface area contributed by atoms with Crippen LogP contribution in [-0.2, 0) is 14.4 Å². The number of carbonyl (C=O) groups is 3. The van der Waals surface area contributed by atoms with E-state index in [2.05, 4.69) is 18.7 Å². The van der Waals surface area contributed by atoms with Gasteiger partial charge in [-0.15, -0.1) is 0 Å². The molecule has 2 heterocycles. The van der Waals surface area contributed by atoms with Gasteiger partial charge in [0.2, 0.25) is 11.8 Å². The molecule has 0 saturated carbocycles. The van der Waals surface area contributed by atoms with E-state index in [1.165, 1.54) is 0 Å². The fourth-order valence-corrected chi connectivity index (χ4v) is 5.81. The molecule has 0 aliphatic carbocycles. The second kappa shape index (κ2) is 14.4. The lowest BCUT2D eigenvalue weighted by Gasteiger charge is -2.30. The van der Waals surface area contributed by atoms with Crippen molar-refractivity contribution in [2.45, 2.75) is 77.2 Å². The monoisotopic (exact) mass is 515 g/mol. The van der Waals surface area contributed by atoms with Gasteiger partial charge in [-0.05, 0) is 49.8 Å². The maximum absolute atomic E-state index is 13.5. The quantitative estimate of drug-likeness (QED) is 0.380. The Morgan fingerprint density at radius 3 is 2.30 bits per heavy atom. The molecule has 0 bridgehead atoms. The standard InChI is InChI=1S/C29H45N3O5/c1-4-6-16-31(17-7-5-2)27(34)21-32-20-24(22-12-14-23(37-3)15-13-22)28(29(35)36)25(32)10-8-18-30-19-9-11-26(30)33/h12-15,24-25,28H,4-11,16-21H2,1-3H3,(H,35,36)/t24-,25+,28-/m1/s1. The van der Waals surface area contributed by atoms with Crippen molar-refractivity contribution in [1.29, 1.82) is 0 Å². The molecular formula is C29H45N3O5. The highest BCUT2D eigenvalue weighted by atomic mass is 16.5. The number of rotatable bonds is 15. The predicted octanol–water partition coefficient (Wildman–Crippen LogP) is 4.00. The van der Waals surface area contributed by atoms with Crippen LogP contribution in [0.15, 0.2) is 24.3 Å². The number of hydrogen-bond donors (Lipinski definition) is 1. The number of carbonyl (C=O) groups excluding carboxylic acids is 2. The van der Waals surface area contributed by atoms with Crippen molar-refractivity contribution in [3.63, 3.8) is 0 Å². The maximum atomic E-state index is 13.5. The van der Waals surface area contributed by atoms with Crippen LogP contribution in [0.2, 0.25) is 0 Å². The molecule has 0 radical (unpaired) electrons. The minimum Gasteiger partial charge on any atom is -0.497 e. The molecule has 1 aromatic carbocycles. The van der Waals surface area contributed by atoms with Gasteiger partial charge in [-0.25, -0.2) is 0 Å². The Balaban J connectivity index is 1.80. The van der Waals surface area contributed by atoms with Crippen LogP contribution in [0.25, 0.3) is 0 Å². The van der Waals surface area contributed by atoms with Crippen molar-refractivity contribution < 1.29 is 24.2 Å². The molecule has 3 rings (SSSR count). The van der Waals surface area contributed by atoms with E-state index in [1.807, 2.05) is 34.1 Å². The second-order valence-electron chi connectivity index (χ2n) is 10.5. The van der Waals surface area contributed by atoms with E-state index in [0.717, 1.165) is 69.5 Å². The smallest absolute Gasteiger partial charge is 0.308 e. The number of carboxylic acid groups (broad SMARTS) is 1. The third-order valence-corrected chi connectivity index (χ3v) is 7.93. The summed E-state index contributed by atoms with van der Waals surface area (Å²) in [6.07, 6.45) is 6.86. The first-order chi connectivity index (χ1) is 17.9. The van der Waals surface area contributed by atoms with Gasteiger partial charge in [0.1, 0.15) is 5.75 Å². The normalized spacial score (nSPS) is 22.0. The average Bonchev–Trinajstić information content (AvgIpc) is 3.47. The summed E-state index contributed by atoms with van der Waals surface area (Å²) in [5.41, 5.74) is 0.955. The Kier molecular flexibility index (Phi) is 11.2. The van der Waals surface area contributed by atoms with Crippen LogP contribution < -0.4 is 4.74 Å². The summed E-state index contributed by atoms with van der Waals surface area (Å²) >= 11 is 0. The molecule has 2 aliphatic heterocycles. The van der Waals surface area contributed by atoms with Crippen LogP contribution in [0.3, 0.4) is 0 Å². The summed E-state index contributed by atoms with van der Waals surface area (Å²) in [4.78, 5) is 44.1. The van der Waals surface area contributed by atoms with Gasteiger partial charge in [0.15, 0.2) is 0 Å². The zero-order chi connectivity index (χ0) is 26.8. The maximum Gasteiger partial charge on any atom is 0.308 e. The van der Waals surface area contributed by atoms with E-state index < -0.39 is 11.9 Å². The molecule has 8 heteroatoms. The number of likely N-dealkylation sites (tertiary alicyclic amines) is 2. The van der Waals surface area contributed by atoms with Crippen molar-refractivity contribution in [3.8, 4) is 5.75 Å². The Labute approximate surface area is 221 Å². The number of hydrogen-bond acceptors (Lipinski definition) is 5. The fourth-order valence-electron chi connectivity index (χ4n) is 5.81. The van der Waals surface area contributed by atoms with Crippen LogP contribution in [0.1, 0.15) is 76.7 Å². The molecule has 2 aliphatic rings. The first-order valence-electron chi connectivity index (χ1n) is 14.1. The van der Waals surface area contributed by atoms with Crippen molar-refractivity contribution in [3.05, 3.63) is 29.8 Å². The largest absolute Gasteiger partial charge is 0.497 e. The minimum atomic E-state index is -0.827. The summed E-state index contributed by atoms with van der Waals surface area (Å²) in [6.45, 7) is 7.93. The van der Waals surface area contributed by atoms with E-state index >= 15 is 0 Å². The number of aliphatic carboxylic acids is 1. The van der Waals surface area contributed by atoms with Crippen LogP contribution in [-0.4, -0.2) is 90.0 Å². The Morgan fingerprint density at radius 1 is 1.08 bits per heavy atom. The Hall–Kier alpha value is -2.61. The predicted molar refractivity (Wildman–Crippen MR) is 144 cm³/mol. The lowest BCUT2D eigenvalue weighted by Crippen LogP contribution is -2.45. The minimum absolute atomic E-state index is 0.0844. The summed E-state index contributed by atoms with van der Waals surface area (Å²) < 4.78 is 5.29. The van der Waals surface area contributed by atoms with Gasteiger partial charge in [0, 0.05) is 51.1 Å². The van der Waals surface area contributed by atoms with E-state index in [-0.39, 0.29) is 30.3 Å². The first kappa shape index (κ1) is 29.0. The second-order valence-corrected chi connectivity index (χ2v) is 10.5. The number of nitrogens with zero attached hydrogens (tertiary/aromatic N) is 3. The molecule has 1 aromatic rings. The fraction of sp³-hybridized carbons (Fsp3) is 0.690. The zero-order valence-corrected chi connectivity index (χ0v) is 22.9. The molecule has 0 aromatic heterocycles. The molecule has 2 fully saturated rings. The number of benzene rings is 1. The SMILES string of the molecule is CCCCN(CCCC)C(=O)CN1C[C@H](c2ccc(OC)cc2)[C@@H](C(=O)O)[C@@H]1CCCN1CCCC1=O. The van der Waals surface area contributed by atoms with Gasteiger partial charge < -0.3 is 19.6 Å². The summed E-state index contributed by atoms with van der Waals surface area (Å²) in [6, 6.07) is 7.37. The van der Waals surface area contributed by atoms with Gasteiger partial charge >= 0.3 is 5.97 Å². The first-order valence-corrected chi connectivity index (χ1v) is 14.1. The third kappa shape index (κ3) is 7.69. The molecule has 0 spiro atoms. The molecule has 37 heavy (non-hydrogen) atoms. The Bertz CT molecular complexity index is 882. The van der Waals surface area contributed by atoms with Crippen molar-refractivity contribution in [1.82, 2.24) is 14.7 Å². The van der Waals surface area contributed by atoms with Gasteiger partial charge in [-0.2, -0.15) is 0 Å². The van der Waals surface area contributed by atoms with Gasteiger partial charge in [0.05, 0.1) is 19.6 Å². The number of unbranched alkanes of at least 4 members (excludes halogenated alkanes) is 2. The van der Waals surface area contributed by atoms with Crippen molar-refractivity contribution >= 4 is 17.8 Å². The average molecular weight is 516 g/mol. The molecule has 0 unspecified atom stereocenters. The lowest BCUT2D eigenvalue weighted by atomic mass is 9.84. The van der Waals surface area contributed by atoms with Gasteiger partial charge in [-0.1, -0.05) is 38.8 Å². The van der Waals surface area contributed by atoms with Gasteiger partial charge in [0.25, 0.3) is 0 Å². The van der Waals surface area contributed by atoms with Crippen LogP contribution in [0.4, 0.5) is 0 Å². The summed E-state index contributed by atoms with van der Waals surface area (Å²) in [7, 11) is 1.61. The number of ether oxygens (including phenoxy) is 1. The van der Waals surface area contributed by atoms with E-state index in [4.69, 9.17) is 4.74 Å². The topological polar surface area (TPSA) is 90.4 Å². The van der Waals surface area contributed by atoms with E-state index in [1.54, 1.807) is 7.11 Å². The molecule has 206 valence electrons. The van der Waals surface area contributed by atoms with Gasteiger partial charge in [-0.3, -0.25) is 19.3 Å². The molecule has 2 saturated heterocycles. The number of amides is 2.